The van der Waals surface area contributed by atoms with Crippen LogP contribution in [0.1, 0.15) is 34.6 Å². The highest BCUT2D eigenvalue weighted by Crippen LogP contribution is 2.38. The molecule has 2 atom stereocenters. The third kappa shape index (κ3) is 3.93. The molecular formula is C38H28N4O. The molecule has 0 amide bonds. The van der Waals surface area contributed by atoms with Crippen molar-refractivity contribution in [3.8, 4) is 0 Å². The standard InChI is InChI=1S/C38H28N4O/c1-2-9-25(10-3-1)35-40-36(42-37(41-35)30-12-6-14-32-34(30)31-13-7-21-39-38(31)43-32)27-19-20-29-26(22-27)18-17-24-16-15-23-8-4-5-11-28(23)33(24)29/h1-20,22,35-36,39-40H,21H2,(H,41,42). The molecule has 9 rings (SSSR count). The Bertz CT molecular complexity index is 2260. The summed E-state index contributed by atoms with van der Waals surface area (Å²) in [5.74, 6) is 1.65. The van der Waals surface area contributed by atoms with Gasteiger partial charge in [-0.1, -0.05) is 115 Å². The fourth-order valence-corrected chi connectivity index (χ4v) is 6.70. The Labute approximate surface area is 248 Å². The minimum absolute atomic E-state index is 0.124. The Kier molecular flexibility index (Phi) is 5.40. The van der Waals surface area contributed by atoms with Crippen LogP contribution in [0.15, 0.2) is 131 Å². The van der Waals surface area contributed by atoms with Crippen LogP contribution in [0.5, 0.6) is 0 Å². The predicted octanol–water partition coefficient (Wildman–Crippen LogP) is 8.67. The number of nitrogens with one attached hydrogen (secondary N) is 3. The molecule has 0 saturated carbocycles. The molecule has 2 unspecified atom stereocenters. The zero-order valence-corrected chi connectivity index (χ0v) is 23.3. The summed E-state index contributed by atoms with van der Waals surface area (Å²) in [6.07, 6.45) is 3.90. The first kappa shape index (κ1) is 24.2. The van der Waals surface area contributed by atoms with Crippen LogP contribution in [0.4, 0.5) is 5.88 Å². The van der Waals surface area contributed by atoms with Crippen molar-refractivity contribution >= 4 is 61.1 Å². The molecule has 3 heterocycles. The van der Waals surface area contributed by atoms with E-state index in [1.54, 1.807) is 0 Å². The van der Waals surface area contributed by atoms with Gasteiger partial charge in [-0.2, -0.15) is 0 Å². The quantitative estimate of drug-likeness (QED) is 0.191. The molecule has 0 saturated heterocycles. The minimum atomic E-state index is -0.249. The van der Waals surface area contributed by atoms with Crippen LogP contribution < -0.4 is 16.0 Å². The SMILES string of the molecule is C1=Cc2c(oc3cccc(C4=NC(c5ccc6c(ccc7ccc8ccccc8c76)c5)NC(c5ccccc5)N4)c23)NC1. The molecule has 0 bridgehead atoms. The van der Waals surface area contributed by atoms with Crippen LogP contribution in [-0.4, -0.2) is 12.4 Å². The first-order chi connectivity index (χ1) is 21.3. The van der Waals surface area contributed by atoms with Crippen LogP contribution in [0.2, 0.25) is 0 Å². The Hall–Kier alpha value is -5.39. The van der Waals surface area contributed by atoms with Crippen LogP contribution in [0.3, 0.4) is 0 Å². The third-order valence-electron chi connectivity index (χ3n) is 8.73. The molecule has 0 radical (unpaired) electrons. The summed E-state index contributed by atoms with van der Waals surface area (Å²) >= 11 is 0. The smallest absolute Gasteiger partial charge is 0.201 e. The Morgan fingerprint density at radius 3 is 2.42 bits per heavy atom. The van der Waals surface area contributed by atoms with E-state index in [2.05, 4.69) is 125 Å². The van der Waals surface area contributed by atoms with Gasteiger partial charge in [-0.05, 0) is 55.6 Å². The van der Waals surface area contributed by atoms with Gasteiger partial charge in [0.1, 0.15) is 23.8 Å². The van der Waals surface area contributed by atoms with Crippen molar-refractivity contribution in [2.75, 3.05) is 11.9 Å². The number of benzene rings is 6. The van der Waals surface area contributed by atoms with Gasteiger partial charge in [-0.25, -0.2) is 4.99 Å². The lowest BCUT2D eigenvalue weighted by Gasteiger charge is -2.32. The topological polar surface area (TPSA) is 61.6 Å². The Morgan fingerprint density at radius 1 is 0.674 bits per heavy atom. The molecule has 7 aromatic rings. The van der Waals surface area contributed by atoms with Crippen LogP contribution >= 0.6 is 0 Å². The maximum absolute atomic E-state index is 6.20. The normalized spacial score (nSPS) is 18.0. The summed E-state index contributed by atoms with van der Waals surface area (Å²) in [4.78, 5) is 5.30. The lowest BCUT2D eigenvalue weighted by Crippen LogP contribution is -2.45. The molecule has 0 spiro atoms. The highest BCUT2D eigenvalue weighted by molar-refractivity contribution is 6.20. The van der Waals surface area contributed by atoms with Crippen LogP contribution in [-0.2, 0) is 0 Å². The maximum Gasteiger partial charge on any atom is 0.201 e. The van der Waals surface area contributed by atoms with Gasteiger partial charge < -0.3 is 15.1 Å². The number of aliphatic imine (C=N–C) groups is 1. The second-order valence-corrected chi connectivity index (χ2v) is 11.3. The van der Waals surface area contributed by atoms with Gasteiger partial charge in [0.25, 0.3) is 0 Å². The Balaban J connectivity index is 1.21. The number of rotatable bonds is 3. The molecule has 0 aliphatic carbocycles. The summed E-state index contributed by atoms with van der Waals surface area (Å²) in [6, 6.07) is 41.0. The highest BCUT2D eigenvalue weighted by atomic mass is 16.3. The average Bonchev–Trinajstić information content (AvgIpc) is 3.47. The summed E-state index contributed by atoms with van der Waals surface area (Å²) in [7, 11) is 0. The molecule has 206 valence electrons. The fourth-order valence-electron chi connectivity index (χ4n) is 6.70. The van der Waals surface area contributed by atoms with E-state index in [4.69, 9.17) is 9.41 Å². The largest absolute Gasteiger partial charge is 0.440 e. The van der Waals surface area contributed by atoms with Crippen molar-refractivity contribution in [2.24, 2.45) is 4.99 Å². The number of amidine groups is 1. The minimum Gasteiger partial charge on any atom is -0.440 e. The summed E-state index contributed by atoms with van der Waals surface area (Å²) in [6.45, 7) is 0.760. The van der Waals surface area contributed by atoms with Crippen molar-refractivity contribution in [3.63, 3.8) is 0 Å². The molecule has 3 N–H and O–H groups in total. The van der Waals surface area contributed by atoms with E-state index < -0.39 is 0 Å². The van der Waals surface area contributed by atoms with Gasteiger partial charge >= 0.3 is 0 Å². The molecule has 5 nitrogen and oxygen atoms in total. The lowest BCUT2D eigenvalue weighted by molar-refractivity contribution is 0.409. The monoisotopic (exact) mass is 556 g/mol. The van der Waals surface area contributed by atoms with Crippen molar-refractivity contribution in [3.05, 3.63) is 144 Å². The number of anilines is 1. The van der Waals surface area contributed by atoms with Gasteiger partial charge in [0, 0.05) is 23.1 Å². The maximum atomic E-state index is 6.20. The average molecular weight is 557 g/mol. The summed E-state index contributed by atoms with van der Waals surface area (Å²) < 4.78 is 6.20. The van der Waals surface area contributed by atoms with Crippen LogP contribution in [0, 0.1) is 0 Å². The summed E-state index contributed by atoms with van der Waals surface area (Å²) in [5, 5.41) is 19.5. The number of hydrogen-bond acceptors (Lipinski definition) is 5. The number of nitrogens with zero attached hydrogens (tertiary/aromatic N) is 1. The van der Waals surface area contributed by atoms with E-state index in [1.807, 2.05) is 18.2 Å². The first-order valence-corrected chi connectivity index (χ1v) is 14.8. The number of fused-ring (bicyclic) bond motifs is 8. The molecule has 6 aromatic carbocycles. The second kappa shape index (κ2) is 9.58. The number of hydrogen-bond donors (Lipinski definition) is 3. The Morgan fingerprint density at radius 2 is 1.49 bits per heavy atom. The lowest BCUT2D eigenvalue weighted by atomic mass is 9.95. The molecule has 43 heavy (non-hydrogen) atoms. The third-order valence-corrected chi connectivity index (χ3v) is 8.73. The van der Waals surface area contributed by atoms with E-state index in [1.165, 1.54) is 32.3 Å². The molecule has 5 heteroatoms. The predicted molar refractivity (Wildman–Crippen MR) is 177 cm³/mol. The molecule has 0 fully saturated rings. The highest BCUT2D eigenvalue weighted by Gasteiger charge is 2.28. The van der Waals surface area contributed by atoms with Gasteiger partial charge in [0.15, 0.2) is 0 Å². The van der Waals surface area contributed by atoms with Crippen molar-refractivity contribution < 1.29 is 4.42 Å². The van der Waals surface area contributed by atoms with Crippen molar-refractivity contribution in [2.45, 2.75) is 12.3 Å². The zero-order valence-electron chi connectivity index (χ0n) is 23.3. The van der Waals surface area contributed by atoms with E-state index >= 15 is 0 Å². The zero-order chi connectivity index (χ0) is 28.3. The fraction of sp³-hybridized carbons (Fsp3) is 0.0789. The van der Waals surface area contributed by atoms with Crippen molar-refractivity contribution in [1.82, 2.24) is 10.6 Å². The van der Waals surface area contributed by atoms with Gasteiger partial charge in [-0.3, -0.25) is 5.32 Å². The molecule has 2 aliphatic rings. The van der Waals surface area contributed by atoms with E-state index in [-0.39, 0.29) is 12.3 Å². The van der Waals surface area contributed by atoms with Crippen molar-refractivity contribution in [1.29, 1.82) is 0 Å². The molecule has 1 aromatic heterocycles. The van der Waals surface area contributed by atoms with Gasteiger partial charge in [0.05, 0.1) is 0 Å². The van der Waals surface area contributed by atoms with E-state index in [0.717, 1.165) is 51.5 Å². The van der Waals surface area contributed by atoms with Crippen LogP contribution in [0.25, 0.3) is 49.4 Å². The molecular weight excluding hydrogens is 528 g/mol. The number of furan rings is 1. The second-order valence-electron chi connectivity index (χ2n) is 11.3. The molecule has 2 aliphatic heterocycles. The van der Waals surface area contributed by atoms with E-state index in [9.17, 15) is 0 Å². The van der Waals surface area contributed by atoms with Gasteiger partial charge in [0.2, 0.25) is 5.88 Å². The first-order valence-electron chi connectivity index (χ1n) is 14.8. The van der Waals surface area contributed by atoms with Gasteiger partial charge in [-0.15, -0.1) is 0 Å². The van der Waals surface area contributed by atoms with E-state index in [0.29, 0.717) is 0 Å². The summed E-state index contributed by atoms with van der Waals surface area (Å²) in [5.41, 5.74) is 5.22.